The maximum Gasteiger partial charge on any atom is 0.250 e. The lowest BCUT2D eigenvalue weighted by atomic mass is 9.89. The lowest BCUT2D eigenvalue weighted by Gasteiger charge is -2.32. The number of carbonyl (C=O) groups is 1. The van der Waals surface area contributed by atoms with Gasteiger partial charge in [-0.2, -0.15) is 0 Å². The summed E-state index contributed by atoms with van der Waals surface area (Å²) in [6.45, 7) is 9.99. The van der Waals surface area contributed by atoms with Crippen molar-refractivity contribution in [1.82, 2.24) is 10.3 Å². The molecular weight excluding hydrogens is 588 g/mol. The van der Waals surface area contributed by atoms with E-state index < -0.39 is 15.4 Å². The number of sulfone groups is 1. The fourth-order valence-electron chi connectivity index (χ4n) is 5.60. The second kappa shape index (κ2) is 13.0. The molecule has 0 aliphatic heterocycles. The zero-order valence-electron chi connectivity index (χ0n) is 26.5. The quantitative estimate of drug-likeness (QED) is 0.167. The van der Waals surface area contributed by atoms with Crippen molar-refractivity contribution in [1.29, 1.82) is 0 Å². The summed E-state index contributed by atoms with van der Waals surface area (Å²) in [6, 6.07) is 18.1. The van der Waals surface area contributed by atoms with Crippen LogP contribution in [0.4, 0.5) is 11.5 Å². The van der Waals surface area contributed by atoms with E-state index in [4.69, 9.17) is 15.2 Å². The maximum absolute atomic E-state index is 14.3. The number of hydrogen-bond acceptors (Lipinski definition) is 8. The van der Waals surface area contributed by atoms with E-state index in [0.717, 1.165) is 22.8 Å². The summed E-state index contributed by atoms with van der Waals surface area (Å²) in [6.07, 6.45) is 3.90. The van der Waals surface area contributed by atoms with Crippen molar-refractivity contribution in [2.45, 2.75) is 82.2 Å². The number of benzene rings is 3. The summed E-state index contributed by atoms with van der Waals surface area (Å²) < 4.78 is 38.6. The Kier molecular flexibility index (Phi) is 9.25. The zero-order chi connectivity index (χ0) is 32.4. The van der Waals surface area contributed by atoms with E-state index in [9.17, 15) is 13.2 Å². The number of fused-ring (bicyclic) bond motifs is 1. The van der Waals surface area contributed by atoms with Crippen molar-refractivity contribution in [2.24, 2.45) is 0 Å². The predicted molar refractivity (Wildman–Crippen MR) is 178 cm³/mol. The highest BCUT2D eigenvalue weighted by atomic mass is 32.2. The van der Waals surface area contributed by atoms with Gasteiger partial charge in [-0.25, -0.2) is 13.4 Å². The van der Waals surface area contributed by atoms with Crippen molar-refractivity contribution in [2.75, 3.05) is 17.7 Å². The SMILES string of the molecule is CCOc1cc(C(C)(Nc2ccc3c(N)ncc(C)c3c2)C(=O)NCc2ccccc2S(=O)(=O)C2CCC2)ccc1OC(C)C. The van der Waals surface area contributed by atoms with Gasteiger partial charge in [0.2, 0.25) is 5.91 Å². The van der Waals surface area contributed by atoms with Gasteiger partial charge in [-0.05, 0) is 106 Å². The van der Waals surface area contributed by atoms with Crippen LogP contribution in [0.1, 0.15) is 63.6 Å². The van der Waals surface area contributed by atoms with Gasteiger partial charge in [-0.15, -0.1) is 0 Å². The van der Waals surface area contributed by atoms with Gasteiger partial charge in [0.05, 0.1) is 22.9 Å². The number of nitrogens with one attached hydrogen (secondary N) is 2. The molecule has 9 nitrogen and oxygen atoms in total. The van der Waals surface area contributed by atoms with Gasteiger partial charge in [0.25, 0.3) is 0 Å². The Morgan fingerprint density at radius 2 is 1.82 bits per heavy atom. The van der Waals surface area contributed by atoms with Crippen LogP contribution in [0.2, 0.25) is 0 Å². The number of nitrogens with two attached hydrogens (primary N) is 1. The molecule has 1 aromatic heterocycles. The molecule has 10 heteroatoms. The first-order valence-corrected chi connectivity index (χ1v) is 17.0. The Hall–Kier alpha value is -4.31. The summed E-state index contributed by atoms with van der Waals surface area (Å²) >= 11 is 0. The Labute approximate surface area is 265 Å². The molecule has 1 atom stereocenters. The summed E-state index contributed by atoms with van der Waals surface area (Å²) in [7, 11) is -3.48. The van der Waals surface area contributed by atoms with Crippen LogP contribution >= 0.6 is 0 Å². The highest BCUT2D eigenvalue weighted by molar-refractivity contribution is 7.92. The molecule has 238 valence electrons. The largest absolute Gasteiger partial charge is 0.490 e. The highest BCUT2D eigenvalue weighted by Crippen LogP contribution is 2.37. The van der Waals surface area contributed by atoms with Crippen molar-refractivity contribution < 1.29 is 22.7 Å². The number of ether oxygens (including phenoxy) is 2. The smallest absolute Gasteiger partial charge is 0.250 e. The summed E-state index contributed by atoms with van der Waals surface area (Å²) in [5.41, 5.74) is 7.68. The van der Waals surface area contributed by atoms with Crippen LogP contribution in [0.25, 0.3) is 10.8 Å². The molecule has 1 amide bonds. The molecule has 0 radical (unpaired) electrons. The molecule has 1 saturated carbocycles. The number of anilines is 2. The fraction of sp³-hybridized carbons (Fsp3) is 0.371. The molecule has 0 saturated heterocycles. The van der Waals surface area contributed by atoms with Gasteiger partial charge in [0.1, 0.15) is 11.4 Å². The van der Waals surface area contributed by atoms with Gasteiger partial charge >= 0.3 is 0 Å². The predicted octanol–water partition coefficient (Wildman–Crippen LogP) is 6.28. The number of aryl methyl sites for hydroxylation is 1. The van der Waals surface area contributed by atoms with E-state index in [1.807, 2.05) is 64.1 Å². The van der Waals surface area contributed by atoms with Gasteiger partial charge in [0, 0.05) is 23.8 Å². The van der Waals surface area contributed by atoms with Crippen LogP contribution in [-0.4, -0.2) is 37.3 Å². The molecule has 0 spiro atoms. The van der Waals surface area contributed by atoms with Gasteiger partial charge in [-0.3, -0.25) is 4.79 Å². The van der Waals surface area contributed by atoms with Crippen LogP contribution in [0.3, 0.4) is 0 Å². The normalized spacial score (nSPS) is 14.9. The lowest BCUT2D eigenvalue weighted by Crippen LogP contribution is -2.47. The van der Waals surface area contributed by atoms with Crippen LogP contribution in [0.15, 0.2) is 71.8 Å². The number of hydrogen-bond donors (Lipinski definition) is 3. The van der Waals surface area contributed by atoms with Crippen molar-refractivity contribution in [3.05, 3.63) is 83.6 Å². The Balaban J connectivity index is 1.53. The van der Waals surface area contributed by atoms with Crippen LogP contribution in [0.5, 0.6) is 11.5 Å². The average molecular weight is 631 g/mol. The highest BCUT2D eigenvalue weighted by Gasteiger charge is 2.37. The third kappa shape index (κ3) is 6.56. The number of nitrogens with zero attached hydrogens (tertiary/aromatic N) is 1. The number of aromatic nitrogens is 1. The Bertz CT molecular complexity index is 1820. The molecule has 4 aromatic rings. The molecule has 1 aliphatic rings. The minimum absolute atomic E-state index is 0.0458. The molecule has 3 aromatic carbocycles. The maximum atomic E-state index is 14.3. The third-order valence-electron chi connectivity index (χ3n) is 8.36. The van der Waals surface area contributed by atoms with E-state index in [2.05, 4.69) is 15.6 Å². The number of amides is 1. The Morgan fingerprint density at radius 3 is 2.51 bits per heavy atom. The molecule has 1 heterocycles. The molecular formula is C35H42N4O5S. The monoisotopic (exact) mass is 630 g/mol. The molecule has 4 N–H and O–H groups in total. The van der Waals surface area contributed by atoms with E-state index in [-0.39, 0.29) is 28.7 Å². The second-order valence-corrected chi connectivity index (χ2v) is 14.2. The van der Waals surface area contributed by atoms with Gasteiger partial charge < -0.3 is 25.8 Å². The number of nitrogen functional groups attached to an aromatic ring is 1. The van der Waals surface area contributed by atoms with E-state index in [0.29, 0.717) is 53.6 Å². The third-order valence-corrected chi connectivity index (χ3v) is 10.7. The first kappa shape index (κ1) is 32.1. The van der Waals surface area contributed by atoms with Gasteiger partial charge in [0.15, 0.2) is 21.3 Å². The lowest BCUT2D eigenvalue weighted by molar-refractivity contribution is -0.125. The summed E-state index contributed by atoms with van der Waals surface area (Å²) in [4.78, 5) is 18.8. The van der Waals surface area contributed by atoms with Crippen LogP contribution < -0.4 is 25.8 Å². The fourth-order valence-corrected chi connectivity index (χ4v) is 7.69. The standard InChI is InChI=1S/C35H42N4O5S/c1-6-43-31-18-25(14-17-30(31)44-22(2)3)35(5,39-26-15-16-28-29(19-26)23(4)20-37-33(28)36)34(40)38-21-24-10-7-8-13-32(24)45(41,42)27-11-9-12-27/h7-8,10,13-20,22,27,39H,6,9,11-12,21H2,1-5H3,(H2,36,37)(H,38,40). The minimum atomic E-state index is -3.48. The molecule has 1 fully saturated rings. The zero-order valence-corrected chi connectivity index (χ0v) is 27.3. The van der Waals surface area contributed by atoms with Crippen molar-refractivity contribution >= 4 is 38.0 Å². The van der Waals surface area contributed by atoms with E-state index in [1.165, 1.54) is 0 Å². The van der Waals surface area contributed by atoms with E-state index >= 15 is 0 Å². The molecule has 45 heavy (non-hydrogen) atoms. The Morgan fingerprint density at radius 1 is 1.07 bits per heavy atom. The molecule has 5 rings (SSSR count). The first-order valence-electron chi connectivity index (χ1n) is 15.4. The molecule has 1 unspecified atom stereocenters. The van der Waals surface area contributed by atoms with E-state index in [1.54, 1.807) is 37.4 Å². The molecule has 0 bridgehead atoms. The average Bonchev–Trinajstić information content (AvgIpc) is 2.97. The molecule has 1 aliphatic carbocycles. The van der Waals surface area contributed by atoms with Crippen molar-refractivity contribution in [3.63, 3.8) is 0 Å². The number of carbonyl (C=O) groups excluding carboxylic acids is 1. The number of pyridine rings is 1. The van der Waals surface area contributed by atoms with Crippen molar-refractivity contribution in [3.8, 4) is 11.5 Å². The minimum Gasteiger partial charge on any atom is -0.490 e. The topological polar surface area (TPSA) is 133 Å². The number of rotatable bonds is 12. The van der Waals surface area contributed by atoms with Gasteiger partial charge in [-0.1, -0.05) is 30.7 Å². The first-order chi connectivity index (χ1) is 21.4. The summed E-state index contributed by atoms with van der Waals surface area (Å²) in [5.74, 6) is 1.19. The summed E-state index contributed by atoms with van der Waals surface area (Å²) in [5, 5.41) is 7.87. The second-order valence-electron chi connectivity index (χ2n) is 12.0. The van der Waals surface area contributed by atoms with Crippen LogP contribution in [0, 0.1) is 6.92 Å². The van der Waals surface area contributed by atoms with Crippen LogP contribution in [-0.2, 0) is 26.7 Å².